The van der Waals surface area contributed by atoms with Crippen LogP contribution in [0.25, 0.3) is 0 Å². The van der Waals surface area contributed by atoms with Gasteiger partial charge >= 0.3 is 5.97 Å². The zero-order valence-electron chi connectivity index (χ0n) is 11.4. The van der Waals surface area contributed by atoms with E-state index in [1.54, 1.807) is 13.8 Å². The van der Waals surface area contributed by atoms with Crippen LogP contribution in [0.3, 0.4) is 0 Å². The van der Waals surface area contributed by atoms with Crippen LogP contribution in [-0.4, -0.2) is 23.5 Å². The smallest absolute Gasteiger partial charge is 0.310 e. The molecular weight excluding hydrogens is 218 g/mol. The van der Waals surface area contributed by atoms with Crippen LogP contribution in [0.2, 0.25) is 0 Å². The number of rotatable bonds is 8. The zero-order valence-corrected chi connectivity index (χ0v) is 11.4. The third-order valence-electron chi connectivity index (χ3n) is 2.93. The second kappa shape index (κ2) is 7.30. The van der Waals surface area contributed by atoms with Gasteiger partial charge in [-0.3, -0.25) is 9.59 Å². The molecule has 0 saturated carbocycles. The topological polar surface area (TPSA) is 66.4 Å². The summed E-state index contributed by atoms with van der Waals surface area (Å²) in [4.78, 5) is 22.8. The van der Waals surface area contributed by atoms with Gasteiger partial charge in [0.15, 0.2) is 0 Å². The predicted octanol–water partition coefficient (Wildman–Crippen LogP) is 2.43. The van der Waals surface area contributed by atoms with Gasteiger partial charge in [0.05, 0.1) is 5.41 Å². The summed E-state index contributed by atoms with van der Waals surface area (Å²) >= 11 is 0. The van der Waals surface area contributed by atoms with Crippen LogP contribution < -0.4 is 5.32 Å². The molecule has 17 heavy (non-hydrogen) atoms. The average Bonchev–Trinajstić information content (AvgIpc) is 2.25. The predicted molar refractivity (Wildman–Crippen MR) is 67.7 cm³/mol. The molecule has 0 aromatic carbocycles. The molecule has 0 aliphatic carbocycles. The third kappa shape index (κ3) is 5.71. The van der Waals surface area contributed by atoms with Crippen molar-refractivity contribution in [3.63, 3.8) is 0 Å². The normalized spacial score (nSPS) is 11.6. The van der Waals surface area contributed by atoms with Crippen LogP contribution in [0, 0.1) is 11.3 Å². The fraction of sp³-hybridized carbons (Fsp3) is 0.846. The van der Waals surface area contributed by atoms with E-state index >= 15 is 0 Å². The Morgan fingerprint density at radius 3 is 2.00 bits per heavy atom. The van der Waals surface area contributed by atoms with Gasteiger partial charge in [-0.1, -0.05) is 26.7 Å². The SMILES string of the molecule is CCCC(CCC)C(=O)NCC(C)(C)C(=O)O. The fourth-order valence-electron chi connectivity index (χ4n) is 1.63. The van der Waals surface area contributed by atoms with Crippen molar-refractivity contribution >= 4 is 11.9 Å². The van der Waals surface area contributed by atoms with Gasteiger partial charge in [-0.25, -0.2) is 0 Å². The number of hydrogen-bond acceptors (Lipinski definition) is 2. The lowest BCUT2D eigenvalue weighted by Gasteiger charge is -2.22. The number of hydrogen-bond donors (Lipinski definition) is 2. The van der Waals surface area contributed by atoms with E-state index in [1.165, 1.54) is 0 Å². The van der Waals surface area contributed by atoms with Crippen molar-refractivity contribution in [2.45, 2.75) is 53.4 Å². The molecule has 0 rings (SSSR count). The second-order valence-corrected chi connectivity index (χ2v) is 5.18. The zero-order chi connectivity index (χ0) is 13.5. The van der Waals surface area contributed by atoms with Crippen molar-refractivity contribution in [2.24, 2.45) is 11.3 Å². The molecular formula is C13H25NO3. The van der Waals surface area contributed by atoms with Crippen LogP contribution in [0.15, 0.2) is 0 Å². The first-order chi connectivity index (χ1) is 7.85. The molecule has 0 aliphatic rings. The lowest BCUT2D eigenvalue weighted by Crippen LogP contribution is -2.41. The van der Waals surface area contributed by atoms with E-state index in [2.05, 4.69) is 19.2 Å². The van der Waals surface area contributed by atoms with Gasteiger partial charge in [0, 0.05) is 12.5 Å². The standard InChI is InChI=1S/C13H25NO3/c1-5-7-10(8-6-2)11(15)14-9-13(3,4)12(16)17/h10H,5-9H2,1-4H3,(H,14,15)(H,16,17). The van der Waals surface area contributed by atoms with Crippen molar-refractivity contribution in [3.8, 4) is 0 Å². The van der Waals surface area contributed by atoms with Crippen molar-refractivity contribution in [3.05, 3.63) is 0 Å². The van der Waals surface area contributed by atoms with E-state index in [-0.39, 0.29) is 18.4 Å². The first kappa shape index (κ1) is 15.9. The maximum Gasteiger partial charge on any atom is 0.310 e. The minimum Gasteiger partial charge on any atom is -0.481 e. The summed E-state index contributed by atoms with van der Waals surface area (Å²) in [7, 11) is 0. The van der Waals surface area contributed by atoms with E-state index in [4.69, 9.17) is 5.11 Å². The molecule has 0 unspecified atom stereocenters. The Morgan fingerprint density at radius 2 is 1.65 bits per heavy atom. The number of carbonyl (C=O) groups excluding carboxylic acids is 1. The molecule has 0 aromatic rings. The van der Waals surface area contributed by atoms with E-state index in [0.717, 1.165) is 25.7 Å². The first-order valence-corrected chi connectivity index (χ1v) is 6.36. The van der Waals surface area contributed by atoms with Gasteiger partial charge in [0.1, 0.15) is 0 Å². The van der Waals surface area contributed by atoms with Crippen LogP contribution in [0.1, 0.15) is 53.4 Å². The minimum atomic E-state index is -0.904. The maximum absolute atomic E-state index is 11.9. The number of carbonyl (C=O) groups is 2. The number of nitrogens with one attached hydrogen (secondary N) is 1. The van der Waals surface area contributed by atoms with Crippen LogP contribution in [0.5, 0.6) is 0 Å². The molecule has 0 aliphatic heterocycles. The van der Waals surface area contributed by atoms with Crippen molar-refractivity contribution in [2.75, 3.05) is 6.54 Å². The number of amides is 1. The Hall–Kier alpha value is -1.06. The highest BCUT2D eigenvalue weighted by Crippen LogP contribution is 2.16. The molecule has 2 N–H and O–H groups in total. The van der Waals surface area contributed by atoms with Gasteiger partial charge in [-0.15, -0.1) is 0 Å². The Bertz CT molecular complexity index is 255. The maximum atomic E-state index is 11.9. The van der Waals surface area contributed by atoms with Crippen molar-refractivity contribution < 1.29 is 14.7 Å². The highest BCUT2D eigenvalue weighted by molar-refractivity contribution is 5.80. The van der Waals surface area contributed by atoms with Gasteiger partial charge in [0.25, 0.3) is 0 Å². The summed E-state index contributed by atoms with van der Waals surface area (Å²) in [5.41, 5.74) is -0.904. The van der Waals surface area contributed by atoms with E-state index in [1.807, 2.05) is 0 Å². The van der Waals surface area contributed by atoms with Gasteiger partial charge in [0.2, 0.25) is 5.91 Å². The summed E-state index contributed by atoms with van der Waals surface area (Å²) in [6, 6.07) is 0. The molecule has 4 nitrogen and oxygen atoms in total. The number of aliphatic carboxylic acids is 1. The average molecular weight is 243 g/mol. The molecule has 0 heterocycles. The summed E-state index contributed by atoms with van der Waals surface area (Å²) in [5.74, 6) is -0.877. The molecule has 100 valence electrons. The molecule has 0 fully saturated rings. The highest BCUT2D eigenvalue weighted by Gasteiger charge is 2.28. The Labute approximate surface area is 104 Å². The quantitative estimate of drug-likeness (QED) is 0.688. The lowest BCUT2D eigenvalue weighted by molar-refractivity contribution is -0.146. The number of carboxylic acid groups (broad SMARTS) is 1. The molecule has 0 spiro atoms. The Kier molecular flexibility index (Phi) is 6.85. The molecule has 0 atom stereocenters. The first-order valence-electron chi connectivity index (χ1n) is 6.36. The molecule has 0 radical (unpaired) electrons. The largest absolute Gasteiger partial charge is 0.481 e. The van der Waals surface area contributed by atoms with Gasteiger partial charge < -0.3 is 10.4 Å². The Morgan fingerprint density at radius 1 is 1.18 bits per heavy atom. The van der Waals surface area contributed by atoms with Crippen molar-refractivity contribution in [1.82, 2.24) is 5.32 Å². The lowest BCUT2D eigenvalue weighted by atomic mass is 9.92. The van der Waals surface area contributed by atoms with Crippen LogP contribution in [-0.2, 0) is 9.59 Å². The van der Waals surface area contributed by atoms with Crippen LogP contribution in [0.4, 0.5) is 0 Å². The van der Waals surface area contributed by atoms with Crippen LogP contribution >= 0.6 is 0 Å². The fourth-order valence-corrected chi connectivity index (χ4v) is 1.63. The van der Waals surface area contributed by atoms with Gasteiger partial charge in [-0.05, 0) is 26.7 Å². The molecule has 0 saturated heterocycles. The van der Waals surface area contributed by atoms with E-state index in [0.29, 0.717) is 0 Å². The summed E-state index contributed by atoms with van der Waals surface area (Å²) in [5, 5.41) is 11.7. The molecule has 0 aromatic heterocycles. The van der Waals surface area contributed by atoms with Gasteiger partial charge in [-0.2, -0.15) is 0 Å². The second-order valence-electron chi connectivity index (χ2n) is 5.18. The monoisotopic (exact) mass is 243 g/mol. The highest BCUT2D eigenvalue weighted by atomic mass is 16.4. The summed E-state index contributed by atoms with van der Waals surface area (Å²) in [6.45, 7) is 7.52. The van der Waals surface area contributed by atoms with E-state index < -0.39 is 11.4 Å². The molecule has 4 heteroatoms. The minimum absolute atomic E-state index is 0.0111. The third-order valence-corrected chi connectivity index (χ3v) is 2.93. The Balaban J connectivity index is 4.27. The number of carboxylic acids is 1. The van der Waals surface area contributed by atoms with Crippen molar-refractivity contribution in [1.29, 1.82) is 0 Å². The summed E-state index contributed by atoms with van der Waals surface area (Å²) in [6.07, 6.45) is 3.68. The molecule has 0 bridgehead atoms. The molecule has 1 amide bonds. The van der Waals surface area contributed by atoms with E-state index in [9.17, 15) is 9.59 Å². The summed E-state index contributed by atoms with van der Waals surface area (Å²) < 4.78 is 0.